The quantitative estimate of drug-likeness (QED) is 0.131. The van der Waals surface area contributed by atoms with Crippen LogP contribution in [0.2, 0.25) is 0 Å². The third-order valence-corrected chi connectivity index (χ3v) is 3.24. The second-order valence-electron chi connectivity index (χ2n) is 4.84. The van der Waals surface area contributed by atoms with Gasteiger partial charge in [-0.05, 0) is 0 Å². The van der Waals surface area contributed by atoms with Crippen molar-refractivity contribution in [1.82, 2.24) is 0 Å². The summed E-state index contributed by atoms with van der Waals surface area (Å²) >= 11 is 0. The summed E-state index contributed by atoms with van der Waals surface area (Å²) in [4.78, 5) is 0. The predicted octanol–water partition coefficient (Wildman–Crippen LogP) is -5.40. The minimum Gasteiger partial charge on any atom is -1.00 e. The van der Waals surface area contributed by atoms with Crippen LogP contribution in [0.25, 0.3) is 0 Å². The molecular formula is C16H20Br2N4O3. The molecule has 2 aromatic rings. The fourth-order valence-corrected chi connectivity index (χ4v) is 1.98. The van der Waals surface area contributed by atoms with Crippen LogP contribution < -0.4 is 43.1 Å². The highest BCUT2D eigenvalue weighted by Crippen LogP contribution is 1.91. The van der Waals surface area contributed by atoms with Gasteiger partial charge in [0.1, 0.15) is 13.2 Å². The molecule has 9 heteroatoms. The van der Waals surface area contributed by atoms with Gasteiger partial charge in [0.2, 0.25) is 0 Å². The number of hydrogen-bond acceptors (Lipinski definition) is 5. The molecule has 0 saturated heterocycles. The zero-order valence-corrected chi connectivity index (χ0v) is 16.6. The van der Waals surface area contributed by atoms with E-state index in [-0.39, 0.29) is 34.0 Å². The van der Waals surface area contributed by atoms with Gasteiger partial charge in [0.05, 0.1) is 12.4 Å². The lowest BCUT2D eigenvalue weighted by atomic mass is 10.3. The van der Waals surface area contributed by atoms with Crippen LogP contribution in [0.5, 0.6) is 0 Å². The number of nitrogens with zero attached hydrogens (tertiary/aromatic N) is 4. The number of aromatic nitrogens is 2. The molecule has 0 radical (unpaired) electrons. The summed E-state index contributed by atoms with van der Waals surface area (Å²) in [7, 11) is 0. The first kappa shape index (κ1) is 23.2. The van der Waals surface area contributed by atoms with Crippen molar-refractivity contribution in [3.05, 3.63) is 60.2 Å². The Labute approximate surface area is 167 Å². The minimum absolute atomic E-state index is 0. The first-order valence-corrected chi connectivity index (χ1v) is 7.22. The molecule has 0 saturated carbocycles. The van der Waals surface area contributed by atoms with Crippen LogP contribution in [0.15, 0.2) is 59.4 Å². The largest absolute Gasteiger partial charge is 1.00 e. The van der Waals surface area contributed by atoms with E-state index in [2.05, 4.69) is 10.3 Å². The summed E-state index contributed by atoms with van der Waals surface area (Å²) in [6, 6.07) is 7.47. The summed E-state index contributed by atoms with van der Waals surface area (Å²) in [6.45, 7) is 2.75. The van der Waals surface area contributed by atoms with Crippen LogP contribution in [0.3, 0.4) is 0 Å². The van der Waals surface area contributed by atoms with Crippen molar-refractivity contribution < 1.29 is 58.2 Å². The van der Waals surface area contributed by atoms with Gasteiger partial charge in [-0.1, -0.05) is 10.3 Å². The van der Waals surface area contributed by atoms with Crippen molar-refractivity contribution in [3.8, 4) is 0 Å². The summed E-state index contributed by atoms with van der Waals surface area (Å²) < 4.78 is 9.63. The van der Waals surface area contributed by atoms with E-state index in [9.17, 15) is 0 Å². The monoisotopic (exact) mass is 474 g/mol. The van der Waals surface area contributed by atoms with Gasteiger partial charge in [-0.2, -0.15) is 0 Å². The Kier molecular flexibility index (Phi) is 12.5. The molecule has 7 nitrogen and oxygen atoms in total. The van der Waals surface area contributed by atoms with Crippen LogP contribution in [-0.2, 0) is 17.8 Å². The molecule has 2 rings (SSSR count). The molecule has 0 amide bonds. The molecule has 0 aliphatic carbocycles. The smallest absolute Gasteiger partial charge is 0.171 e. The zero-order chi connectivity index (χ0) is 16.3. The topological polar surface area (TPSA) is 82.2 Å². The highest BCUT2D eigenvalue weighted by atomic mass is 79.9. The Hall–Kier alpha value is -1.84. The maximum Gasteiger partial charge on any atom is 0.171 e. The van der Waals surface area contributed by atoms with Gasteiger partial charge in [-0.25, -0.2) is 9.13 Å². The lowest BCUT2D eigenvalue weighted by Gasteiger charge is -2.01. The zero-order valence-electron chi connectivity index (χ0n) is 13.4. The van der Waals surface area contributed by atoms with Crippen LogP contribution in [-0.4, -0.2) is 36.1 Å². The van der Waals surface area contributed by atoms with Gasteiger partial charge in [0, 0.05) is 35.4 Å². The SMILES string of the molecule is O/N=C/c1cc[n+](CCOCC[n+]2ccc(/C=N/O)cc2)cc1.[Br-].[Br-]. The van der Waals surface area contributed by atoms with Crippen molar-refractivity contribution in [2.75, 3.05) is 13.2 Å². The van der Waals surface area contributed by atoms with E-state index < -0.39 is 0 Å². The maximum atomic E-state index is 8.45. The van der Waals surface area contributed by atoms with Crippen molar-refractivity contribution in [2.24, 2.45) is 10.3 Å². The van der Waals surface area contributed by atoms with Gasteiger partial charge in [-0.15, -0.1) is 0 Å². The van der Waals surface area contributed by atoms with E-state index in [4.69, 9.17) is 15.2 Å². The molecule has 0 unspecified atom stereocenters. The van der Waals surface area contributed by atoms with Crippen molar-refractivity contribution in [3.63, 3.8) is 0 Å². The van der Waals surface area contributed by atoms with E-state index >= 15 is 0 Å². The van der Waals surface area contributed by atoms with Crippen LogP contribution >= 0.6 is 0 Å². The molecule has 0 aliphatic rings. The summed E-state index contributed by atoms with van der Waals surface area (Å²) in [6.07, 6.45) is 10.4. The molecule has 0 bridgehead atoms. The molecule has 0 spiro atoms. The van der Waals surface area contributed by atoms with Gasteiger partial charge >= 0.3 is 0 Å². The Morgan fingerprint density at radius 1 is 0.760 bits per heavy atom. The highest BCUT2D eigenvalue weighted by Gasteiger charge is 2.03. The van der Waals surface area contributed by atoms with Gasteiger partial charge in [-0.3, -0.25) is 0 Å². The van der Waals surface area contributed by atoms with Crippen molar-refractivity contribution in [1.29, 1.82) is 0 Å². The normalized spacial score (nSPS) is 10.6. The number of pyridine rings is 2. The molecule has 0 atom stereocenters. The molecule has 2 heterocycles. The Morgan fingerprint density at radius 2 is 1.12 bits per heavy atom. The average molecular weight is 476 g/mol. The van der Waals surface area contributed by atoms with E-state index in [0.717, 1.165) is 24.2 Å². The molecular weight excluding hydrogens is 456 g/mol. The number of halogens is 2. The lowest BCUT2D eigenvalue weighted by molar-refractivity contribution is -0.705. The second kappa shape index (κ2) is 13.5. The standard InChI is InChI=1S/C16H18N4O3.2BrH/c21-17-13-15-1-5-19(6-2-15)9-11-23-12-10-20-7-3-16(4-8-20)14-18-22;;/h1-8,13-14H,9-12H2;2*1H. The molecule has 0 aromatic carbocycles. The summed E-state index contributed by atoms with van der Waals surface area (Å²) in [5.74, 6) is 0. The number of hydrogen-bond donors (Lipinski definition) is 2. The van der Waals surface area contributed by atoms with Gasteiger partial charge in [0.15, 0.2) is 37.9 Å². The Morgan fingerprint density at radius 3 is 1.44 bits per heavy atom. The van der Waals surface area contributed by atoms with Crippen molar-refractivity contribution >= 4 is 12.4 Å². The van der Waals surface area contributed by atoms with E-state index in [0.29, 0.717) is 13.2 Å². The van der Waals surface area contributed by atoms with Crippen LogP contribution in [0.4, 0.5) is 0 Å². The summed E-state index contributed by atoms with van der Waals surface area (Å²) in [5.41, 5.74) is 1.69. The number of rotatable bonds is 8. The van der Waals surface area contributed by atoms with Crippen LogP contribution in [0, 0.1) is 0 Å². The molecule has 136 valence electrons. The predicted molar refractivity (Wildman–Crippen MR) is 82.9 cm³/mol. The Balaban J connectivity index is 0.00000288. The molecule has 25 heavy (non-hydrogen) atoms. The van der Waals surface area contributed by atoms with Crippen molar-refractivity contribution in [2.45, 2.75) is 13.1 Å². The number of ether oxygens (including phenoxy) is 1. The third kappa shape index (κ3) is 8.71. The van der Waals surface area contributed by atoms with Crippen LogP contribution in [0.1, 0.15) is 11.1 Å². The fraction of sp³-hybridized carbons (Fsp3) is 0.250. The van der Waals surface area contributed by atoms with E-state index in [1.54, 1.807) is 0 Å². The first-order valence-electron chi connectivity index (χ1n) is 7.22. The summed E-state index contributed by atoms with van der Waals surface area (Å²) in [5, 5.41) is 22.9. The van der Waals surface area contributed by atoms with Gasteiger partial charge < -0.3 is 49.1 Å². The maximum absolute atomic E-state index is 8.45. The third-order valence-electron chi connectivity index (χ3n) is 3.24. The number of oxime groups is 2. The molecule has 0 aliphatic heterocycles. The highest BCUT2D eigenvalue weighted by molar-refractivity contribution is 5.78. The van der Waals surface area contributed by atoms with Gasteiger partial charge in [0.25, 0.3) is 0 Å². The lowest BCUT2D eigenvalue weighted by Crippen LogP contribution is -3.00. The second-order valence-corrected chi connectivity index (χ2v) is 4.84. The fourth-order valence-electron chi connectivity index (χ4n) is 1.98. The van der Waals surface area contributed by atoms with E-state index in [1.807, 2.05) is 58.2 Å². The molecule has 2 N–H and O–H groups in total. The van der Waals surface area contributed by atoms with E-state index in [1.165, 1.54) is 12.4 Å². The first-order chi connectivity index (χ1) is 11.3. The molecule has 2 aromatic heterocycles. The molecule has 0 fully saturated rings. The average Bonchev–Trinajstić information content (AvgIpc) is 2.58. The minimum atomic E-state index is 0. The Bertz CT molecular complexity index is 592.